The van der Waals surface area contributed by atoms with Crippen molar-refractivity contribution in [2.45, 2.75) is 0 Å². The van der Waals surface area contributed by atoms with Crippen LogP contribution in [0.1, 0.15) is 5.56 Å². The molecule has 86 valence electrons. The summed E-state index contributed by atoms with van der Waals surface area (Å²) < 4.78 is 1.70. The van der Waals surface area contributed by atoms with Gasteiger partial charge in [-0.15, -0.1) is 16.4 Å². The van der Waals surface area contributed by atoms with Crippen LogP contribution in [0.2, 0.25) is 0 Å². The monoisotopic (exact) mass is 252 g/mol. The van der Waals surface area contributed by atoms with Gasteiger partial charge >= 0.3 is 0 Å². The molecule has 2 heterocycles. The van der Waals surface area contributed by atoms with E-state index in [0.717, 1.165) is 10.6 Å². The molecule has 0 aliphatic rings. The SMILES string of the molecule is N#Cc1ccc(-n2cnc(-c3cccs3)n2)cc1. The average Bonchev–Trinajstić information content (AvgIpc) is 3.09. The van der Waals surface area contributed by atoms with E-state index in [1.54, 1.807) is 34.5 Å². The molecule has 0 radical (unpaired) electrons. The summed E-state index contributed by atoms with van der Waals surface area (Å²) in [6, 6.07) is 13.3. The van der Waals surface area contributed by atoms with Gasteiger partial charge in [-0.05, 0) is 35.7 Å². The van der Waals surface area contributed by atoms with Crippen molar-refractivity contribution < 1.29 is 0 Å². The van der Waals surface area contributed by atoms with Crippen LogP contribution in [-0.2, 0) is 0 Å². The smallest absolute Gasteiger partial charge is 0.191 e. The second-order valence-corrected chi connectivity index (χ2v) is 4.60. The Morgan fingerprint density at radius 3 is 2.67 bits per heavy atom. The number of hydrogen-bond donors (Lipinski definition) is 0. The van der Waals surface area contributed by atoms with E-state index in [1.807, 2.05) is 29.6 Å². The Morgan fingerprint density at radius 1 is 1.17 bits per heavy atom. The molecule has 3 aromatic rings. The summed E-state index contributed by atoms with van der Waals surface area (Å²) in [7, 11) is 0. The molecule has 3 rings (SSSR count). The highest BCUT2D eigenvalue weighted by Crippen LogP contribution is 2.21. The van der Waals surface area contributed by atoms with Crippen LogP contribution in [0.5, 0.6) is 0 Å². The van der Waals surface area contributed by atoms with Crippen molar-refractivity contribution in [1.82, 2.24) is 14.8 Å². The van der Waals surface area contributed by atoms with Crippen molar-refractivity contribution in [3.63, 3.8) is 0 Å². The van der Waals surface area contributed by atoms with Crippen molar-refractivity contribution in [1.29, 1.82) is 5.26 Å². The first-order valence-corrected chi connectivity index (χ1v) is 6.21. The van der Waals surface area contributed by atoms with Crippen molar-refractivity contribution in [3.8, 4) is 22.5 Å². The summed E-state index contributed by atoms with van der Waals surface area (Å²) in [5.41, 5.74) is 1.53. The normalized spacial score (nSPS) is 10.2. The van der Waals surface area contributed by atoms with Gasteiger partial charge in [0, 0.05) is 0 Å². The van der Waals surface area contributed by atoms with Gasteiger partial charge in [-0.25, -0.2) is 9.67 Å². The summed E-state index contributed by atoms with van der Waals surface area (Å²) in [5.74, 6) is 0.717. The van der Waals surface area contributed by atoms with Crippen LogP contribution in [0.3, 0.4) is 0 Å². The van der Waals surface area contributed by atoms with E-state index in [2.05, 4.69) is 16.2 Å². The molecule has 0 bridgehead atoms. The second-order valence-electron chi connectivity index (χ2n) is 3.65. The minimum atomic E-state index is 0.636. The van der Waals surface area contributed by atoms with E-state index in [4.69, 9.17) is 5.26 Å². The Balaban J connectivity index is 1.95. The standard InChI is InChI=1S/C13H8N4S/c14-8-10-3-5-11(6-4-10)17-9-15-13(16-17)12-2-1-7-18-12/h1-7,9H. The third-order valence-electron chi connectivity index (χ3n) is 2.49. The van der Waals surface area contributed by atoms with Gasteiger partial charge in [-0.2, -0.15) is 5.26 Å². The van der Waals surface area contributed by atoms with Gasteiger partial charge in [0.05, 0.1) is 22.2 Å². The maximum absolute atomic E-state index is 8.74. The lowest BCUT2D eigenvalue weighted by atomic mass is 10.2. The maximum atomic E-state index is 8.74. The number of benzene rings is 1. The lowest BCUT2D eigenvalue weighted by Crippen LogP contribution is -1.94. The summed E-state index contributed by atoms with van der Waals surface area (Å²) in [6.45, 7) is 0. The number of rotatable bonds is 2. The Hall–Kier alpha value is -2.45. The molecule has 0 unspecified atom stereocenters. The van der Waals surface area contributed by atoms with Crippen molar-refractivity contribution >= 4 is 11.3 Å². The number of aromatic nitrogens is 3. The zero-order valence-corrected chi connectivity index (χ0v) is 10.1. The molecule has 1 aromatic carbocycles. The average molecular weight is 252 g/mol. The molecule has 0 saturated heterocycles. The molecule has 0 amide bonds. The Kier molecular flexibility index (Phi) is 2.63. The first kappa shape index (κ1) is 10.7. The molecule has 0 saturated carbocycles. The van der Waals surface area contributed by atoms with Gasteiger partial charge in [-0.1, -0.05) is 6.07 Å². The van der Waals surface area contributed by atoms with Crippen LogP contribution in [0, 0.1) is 11.3 Å². The third-order valence-corrected chi connectivity index (χ3v) is 3.36. The highest BCUT2D eigenvalue weighted by atomic mass is 32.1. The predicted molar refractivity (Wildman–Crippen MR) is 69.4 cm³/mol. The molecular weight excluding hydrogens is 244 g/mol. The van der Waals surface area contributed by atoms with Crippen molar-refractivity contribution in [2.75, 3.05) is 0 Å². The fraction of sp³-hybridized carbons (Fsp3) is 0. The van der Waals surface area contributed by atoms with Gasteiger partial charge in [0.15, 0.2) is 5.82 Å². The van der Waals surface area contributed by atoms with Crippen LogP contribution in [0.15, 0.2) is 48.1 Å². The maximum Gasteiger partial charge on any atom is 0.191 e. The van der Waals surface area contributed by atoms with Gasteiger partial charge in [0.2, 0.25) is 0 Å². The molecule has 2 aromatic heterocycles. The zero-order valence-electron chi connectivity index (χ0n) is 9.32. The molecule has 5 heteroatoms. The van der Waals surface area contributed by atoms with E-state index in [0.29, 0.717) is 11.4 Å². The van der Waals surface area contributed by atoms with E-state index >= 15 is 0 Å². The van der Waals surface area contributed by atoms with Gasteiger partial charge in [0.25, 0.3) is 0 Å². The molecule has 4 nitrogen and oxygen atoms in total. The Morgan fingerprint density at radius 2 is 2.00 bits per heavy atom. The molecule has 0 atom stereocenters. The van der Waals surface area contributed by atoms with Crippen LogP contribution >= 0.6 is 11.3 Å². The number of nitrogens with zero attached hydrogens (tertiary/aromatic N) is 4. The van der Waals surface area contributed by atoms with Crippen molar-refractivity contribution in [3.05, 3.63) is 53.7 Å². The van der Waals surface area contributed by atoms with Gasteiger partial charge in [0.1, 0.15) is 6.33 Å². The molecule has 0 spiro atoms. The Bertz CT molecular complexity index is 689. The minimum absolute atomic E-state index is 0.636. The van der Waals surface area contributed by atoms with Gasteiger partial charge < -0.3 is 0 Å². The first-order chi connectivity index (χ1) is 8.86. The van der Waals surface area contributed by atoms with Crippen LogP contribution < -0.4 is 0 Å². The molecule has 0 N–H and O–H groups in total. The highest BCUT2D eigenvalue weighted by Gasteiger charge is 2.06. The third kappa shape index (κ3) is 1.90. The van der Waals surface area contributed by atoms with Crippen molar-refractivity contribution in [2.24, 2.45) is 0 Å². The van der Waals surface area contributed by atoms with Crippen LogP contribution in [0.25, 0.3) is 16.4 Å². The number of hydrogen-bond acceptors (Lipinski definition) is 4. The summed E-state index contributed by atoms with van der Waals surface area (Å²) in [5, 5.41) is 15.2. The summed E-state index contributed by atoms with van der Waals surface area (Å²) in [4.78, 5) is 5.32. The topological polar surface area (TPSA) is 54.5 Å². The van der Waals surface area contributed by atoms with Gasteiger partial charge in [-0.3, -0.25) is 0 Å². The summed E-state index contributed by atoms with van der Waals surface area (Å²) in [6.07, 6.45) is 1.68. The summed E-state index contributed by atoms with van der Waals surface area (Å²) >= 11 is 1.61. The Labute approximate surface area is 108 Å². The van der Waals surface area contributed by atoms with E-state index in [9.17, 15) is 0 Å². The second kappa shape index (κ2) is 4.43. The fourth-order valence-corrected chi connectivity index (χ4v) is 2.25. The van der Waals surface area contributed by atoms with E-state index in [1.165, 1.54) is 0 Å². The molecular formula is C13H8N4S. The lowest BCUT2D eigenvalue weighted by molar-refractivity contribution is 0.882. The molecule has 0 aliphatic heterocycles. The molecule has 0 fully saturated rings. The first-order valence-electron chi connectivity index (χ1n) is 5.33. The fourth-order valence-electron chi connectivity index (χ4n) is 1.59. The molecule has 0 aliphatic carbocycles. The predicted octanol–water partition coefficient (Wildman–Crippen LogP) is 2.87. The molecule has 18 heavy (non-hydrogen) atoms. The zero-order chi connectivity index (χ0) is 12.4. The quantitative estimate of drug-likeness (QED) is 0.704. The van der Waals surface area contributed by atoms with Crippen LogP contribution in [0.4, 0.5) is 0 Å². The highest BCUT2D eigenvalue weighted by molar-refractivity contribution is 7.13. The number of nitriles is 1. The van der Waals surface area contributed by atoms with E-state index < -0.39 is 0 Å². The van der Waals surface area contributed by atoms with E-state index in [-0.39, 0.29) is 0 Å². The number of thiophene rings is 1. The largest absolute Gasteiger partial charge is 0.220 e. The lowest BCUT2D eigenvalue weighted by Gasteiger charge is -1.98. The minimum Gasteiger partial charge on any atom is -0.220 e. The van der Waals surface area contributed by atoms with Crippen LogP contribution in [-0.4, -0.2) is 14.8 Å².